The maximum absolute atomic E-state index is 13.1. The standard InChI is InChI=1S/C22H25ClFN3O3/c23-18-12-20-21(30-11-10-29-20)13-19(18)25-22(28)15-27-7-1-6-26(8-9-27)14-16-2-4-17(24)5-3-16/h2-5,12-13H,1,6-11,14-15H2,(H,25,28). The van der Waals surface area contributed by atoms with Gasteiger partial charge in [-0.05, 0) is 37.2 Å². The van der Waals surface area contributed by atoms with Crippen LogP contribution in [-0.4, -0.2) is 61.6 Å². The molecule has 4 rings (SSSR count). The van der Waals surface area contributed by atoms with Crippen LogP contribution in [0.2, 0.25) is 5.02 Å². The molecule has 2 aromatic rings. The van der Waals surface area contributed by atoms with Crippen LogP contribution in [0.15, 0.2) is 36.4 Å². The number of rotatable bonds is 5. The third-order valence-corrected chi connectivity index (χ3v) is 5.59. The van der Waals surface area contributed by atoms with Crippen molar-refractivity contribution in [3.63, 3.8) is 0 Å². The molecule has 30 heavy (non-hydrogen) atoms. The third kappa shape index (κ3) is 5.41. The van der Waals surface area contributed by atoms with Gasteiger partial charge in [0.05, 0.1) is 17.3 Å². The Morgan fingerprint density at radius 2 is 1.67 bits per heavy atom. The molecular formula is C22H25ClFN3O3. The Kier molecular flexibility index (Phi) is 6.72. The maximum Gasteiger partial charge on any atom is 0.238 e. The molecule has 2 heterocycles. The second-order valence-electron chi connectivity index (χ2n) is 7.56. The second kappa shape index (κ2) is 9.64. The van der Waals surface area contributed by atoms with Crippen LogP contribution in [-0.2, 0) is 11.3 Å². The van der Waals surface area contributed by atoms with Gasteiger partial charge in [-0.15, -0.1) is 0 Å². The monoisotopic (exact) mass is 433 g/mol. The van der Waals surface area contributed by atoms with Crippen LogP contribution in [0.4, 0.5) is 10.1 Å². The van der Waals surface area contributed by atoms with Crippen molar-refractivity contribution in [2.24, 2.45) is 0 Å². The Bertz CT molecular complexity index is 894. The van der Waals surface area contributed by atoms with Crippen molar-refractivity contribution in [2.75, 3.05) is 51.3 Å². The van der Waals surface area contributed by atoms with E-state index in [0.29, 0.717) is 42.0 Å². The van der Waals surface area contributed by atoms with Crippen LogP contribution in [0.5, 0.6) is 11.5 Å². The fraction of sp³-hybridized carbons (Fsp3) is 0.409. The average Bonchev–Trinajstić information content (AvgIpc) is 2.95. The van der Waals surface area contributed by atoms with E-state index >= 15 is 0 Å². The molecular weight excluding hydrogens is 409 g/mol. The fourth-order valence-electron chi connectivity index (χ4n) is 3.74. The van der Waals surface area contributed by atoms with Gasteiger partial charge in [0.2, 0.25) is 5.91 Å². The van der Waals surface area contributed by atoms with E-state index in [0.717, 1.165) is 44.7 Å². The topological polar surface area (TPSA) is 54.0 Å². The molecule has 0 spiro atoms. The molecule has 0 atom stereocenters. The Morgan fingerprint density at radius 3 is 2.43 bits per heavy atom. The molecule has 0 bridgehead atoms. The lowest BCUT2D eigenvalue weighted by Gasteiger charge is -2.22. The predicted molar refractivity (Wildman–Crippen MR) is 114 cm³/mol. The van der Waals surface area contributed by atoms with Crippen molar-refractivity contribution >= 4 is 23.2 Å². The van der Waals surface area contributed by atoms with Crippen LogP contribution in [0.1, 0.15) is 12.0 Å². The number of nitrogens with one attached hydrogen (secondary N) is 1. The van der Waals surface area contributed by atoms with Crippen LogP contribution in [0.3, 0.4) is 0 Å². The summed E-state index contributed by atoms with van der Waals surface area (Å²) in [5.74, 6) is 0.857. The number of benzene rings is 2. The Balaban J connectivity index is 1.29. The minimum Gasteiger partial charge on any atom is -0.486 e. The zero-order valence-corrected chi connectivity index (χ0v) is 17.5. The van der Waals surface area contributed by atoms with Crippen LogP contribution >= 0.6 is 11.6 Å². The van der Waals surface area contributed by atoms with Gasteiger partial charge in [0.15, 0.2) is 11.5 Å². The zero-order chi connectivity index (χ0) is 20.9. The van der Waals surface area contributed by atoms with E-state index in [-0.39, 0.29) is 11.7 Å². The minimum atomic E-state index is -0.218. The van der Waals surface area contributed by atoms with Gasteiger partial charge in [0, 0.05) is 31.8 Å². The van der Waals surface area contributed by atoms with E-state index in [1.54, 1.807) is 12.1 Å². The van der Waals surface area contributed by atoms with Gasteiger partial charge >= 0.3 is 0 Å². The van der Waals surface area contributed by atoms with Crippen molar-refractivity contribution < 1.29 is 18.7 Å². The van der Waals surface area contributed by atoms with Gasteiger partial charge in [0.1, 0.15) is 19.0 Å². The molecule has 1 amide bonds. The normalized spacial score (nSPS) is 17.4. The van der Waals surface area contributed by atoms with E-state index in [2.05, 4.69) is 15.1 Å². The summed E-state index contributed by atoms with van der Waals surface area (Å²) in [6, 6.07) is 10.0. The SMILES string of the molecule is O=C(CN1CCCN(Cc2ccc(F)cc2)CC1)Nc1cc2c(cc1Cl)OCCO2. The Labute approximate surface area is 180 Å². The van der Waals surface area contributed by atoms with E-state index in [4.69, 9.17) is 21.1 Å². The van der Waals surface area contributed by atoms with Crippen LogP contribution in [0, 0.1) is 5.82 Å². The number of hydrogen-bond donors (Lipinski definition) is 1. The first-order valence-corrected chi connectivity index (χ1v) is 10.5. The third-order valence-electron chi connectivity index (χ3n) is 5.27. The molecule has 6 nitrogen and oxygen atoms in total. The number of anilines is 1. The lowest BCUT2D eigenvalue weighted by atomic mass is 10.2. The smallest absolute Gasteiger partial charge is 0.238 e. The second-order valence-corrected chi connectivity index (χ2v) is 7.96. The van der Waals surface area contributed by atoms with Crippen LogP contribution < -0.4 is 14.8 Å². The van der Waals surface area contributed by atoms with Crippen molar-refractivity contribution in [2.45, 2.75) is 13.0 Å². The number of nitrogens with zero attached hydrogens (tertiary/aromatic N) is 2. The minimum absolute atomic E-state index is 0.111. The number of halogens is 2. The molecule has 2 aliphatic rings. The molecule has 0 saturated carbocycles. The molecule has 8 heteroatoms. The number of hydrogen-bond acceptors (Lipinski definition) is 5. The fourth-order valence-corrected chi connectivity index (χ4v) is 3.94. The van der Waals surface area contributed by atoms with Gasteiger partial charge in [-0.1, -0.05) is 23.7 Å². The highest BCUT2D eigenvalue weighted by molar-refractivity contribution is 6.34. The first kappa shape index (κ1) is 20.9. The molecule has 1 fully saturated rings. The summed E-state index contributed by atoms with van der Waals surface area (Å²) in [5.41, 5.74) is 1.62. The highest BCUT2D eigenvalue weighted by atomic mass is 35.5. The van der Waals surface area contributed by atoms with Gasteiger partial charge < -0.3 is 14.8 Å². The lowest BCUT2D eigenvalue weighted by Crippen LogP contribution is -2.36. The highest BCUT2D eigenvalue weighted by Gasteiger charge is 2.20. The number of carbonyl (C=O) groups excluding carboxylic acids is 1. The Hall–Kier alpha value is -2.35. The number of ether oxygens (including phenoxy) is 2. The number of carbonyl (C=O) groups is 1. The molecule has 0 aromatic heterocycles. The summed E-state index contributed by atoms with van der Waals surface area (Å²) in [4.78, 5) is 17.1. The zero-order valence-electron chi connectivity index (χ0n) is 16.7. The lowest BCUT2D eigenvalue weighted by molar-refractivity contribution is -0.117. The van der Waals surface area contributed by atoms with Gasteiger partial charge in [0.25, 0.3) is 0 Å². The van der Waals surface area contributed by atoms with E-state index in [1.165, 1.54) is 12.1 Å². The summed E-state index contributed by atoms with van der Waals surface area (Å²) in [6.07, 6.45) is 0.971. The van der Waals surface area contributed by atoms with E-state index in [9.17, 15) is 9.18 Å². The van der Waals surface area contributed by atoms with Gasteiger partial charge in [-0.3, -0.25) is 14.6 Å². The molecule has 2 aliphatic heterocycles. The number of amides is 1. The van der Waals surface area contributed by atoms with Gasteiger partial charge in [-0.2, -0.15) is 0 Å². The molecule has 160 valence electrons. The summed E-state index contributed by atoms with van der Waals surface area (Å²) < 4.78 is 24.2. The Morgan fingerprint density at radius 1 is 1.00 bits per heavy atom. The first-order chi connectivity index (χ1) is 14.6. The molecule has 1 saturated heterocycles. The number of fused-ring (bicyclic) bond motifs is 1. The average molecular weight is 434 g/mol. The first-order valence-electron chi connectivity index (χ1n) is 10.1. The molecule has 0 radical (unpaired) electrons. The highest BCUT2D eigenvalue weighted by Crippen LogP contribution is 2.37. The molecule has 2 aromatic carbocycles. The van der Waals surface area contributed by atoms with Crippen molar-refractivity contribution in [1.29, 1.82) is 0 Å². The van der Waals surface area contributed by atoms with Crippen molar-refractivity contribution in [3.8, 4) is 11.5 Å². The van der Waals surface area contributed by atoms with Gasteiger partial charge in [-0.25, -0.2) is 4.39 Å². The summed E-state index contributed by atoms with van der Waals surface area (Å²) in [7, 11) is 0. The summed E-state index contributed by atoms with van der Waals surface area (Å²) in [6.45, 7) is 5.50. The predicted octanol–water partition coefficient (Wildman–Crippen LogP) is 3.40. The molecule has 0 unspecified atom stereocenters. The maximum atomic E-state index is 13.1. The summed E-state index contributed by atoms with van der Waals surface area (Å²) >= 11 is 6.29. The van der Waals surface area contributed by atoms with Crippen molar-refractivity contribution in [3.05, 3.63) is 52.8 Å². The largest absolute Gasteiger partial charge is 0.486 e. The molecule has 0 aliphatic carbocycles. The van der Waals surface area contributed by atoms with Crippen LogP contribution in [0.25, 0.3) is 0 Å². The van der Waals surface area contributed by atoms with E-state index in [1.807, 2.05) is 12.1 Å². The van der Waals surface area contributed by atoms with Crippen molar-refractivity contribution in [1.82, 2.24) is 9.80 Å². The summed E-state index contributed by atoms with van der Waals surface area (Å²) in [5, 5.41) is 3.31. The molecule has 1 N–H and O–H groups in total. The van der Waals surface area contributed by atoms with E-state index < -0.39 is 0 Å². The quantitative estimate of drug-likeness (QED) is 0.783.